The van der Waals surface area contributed by atoms with E-state index in [1.54, 1.807) is 49.1 Å². The molecule has 134 valence electrons. The summed E-state index contributed by atoms with van der Waals surface area (Å²) in [6, 6.07) is 7.01. The predicted octanol–water partition coefficient (Wildman–Crippen LogP) is 1.22. The zero-order valence-electron chi connectivity index (χ0n) is 14.1. The molecular formula is C17H16N10. The maximum Gasteiger partial charge on any atom is 0.205 e. The van der Waals surface area contributed by atoms with Gasteiger partial charge in [-0.05, 0) is 24.3 Å². The van der Waals surface area contributed by atoms with E-state index < -0.39 is 0 Å². The van der Waals surface area contributed by atoms with Crippen LogP contribution in [0.25, 0.3) is 22.8 Å². The Balaban J connectivity index is 0.000000253. The molecule has 0 atom stereocenters. The molecule has 0 unspecified atom stereocenters. The van der Waals surface area contributed by atoms with Gasteiger partial charge >= 0.3 is 0 Å². The van der Waals surface area contributed by atoms with Crippen LogP contribution in [0.3, 0.4) is 0 Å². The molecule has 0 aromatic carbocycles. The summed E-state index contributed by atoms with van der Waals surface area (Å²) in [5.41, 5.74) is 19.8. The normalized spacial score (nSPS) is 9.93. The highest BCUT2D eigenvalue weighted by Gasteiger charge is 2.10. The second kappa shape index (κ2) is 8.25. The molecule has 4 aromatic rings. The third kappa shape index (κ3) is 4.45. The quantitative estimate of drug-likeness (QED) is 0.472. The van der Waals surface area contributed by atoms with E-state index >= 15 is 0 Å². The highest BCUT2D eigenvalue weighted by atomic mass is 15.3. The van der Waals surface area contributed by atoms with E-state index in [0.29, 0.717) is 39.8 Å². The molecule has 6 N–H and O–H groups in total. The number of hydrogen-bond acceptors (Lipinski definition) is 10. The molecule has 0 fully saturated rings. The van der Waals surface area contributed by atoms with Crippen molar-refractivity contribution >= 4 is 17.1 Å². The third-order valence-electron chi connectivity index (χ3n) is 3.35. The minimum Gasteiger partial charge on any atom is -0.397 e. The summed E-state index contributed by atoms with van der Waals surface area (Å²) in [4.78, 5) is 11.6. The lowest BCUT2D eigenvalue weighted by Crippen LogP contribution is -2.03. The first-order chi connectivity index (χ1) is 13.1. The molecule has 10 nitrogen and oxygen atoms in total. The molecule has 0 saturated carbocycles. The van der Waals surface area contributed by atoms with Crippen LogP contribution in [0.15, 0.2) is 61.4 Å². The van der Waals surface area contributed by atoms with Crippen molar-refractivity contribution in [2.45, 2.75) is 0 Å². The van der Waals surface area contributed by atoms with Gasteiger partial charge in [0.2, 0.25) is 11.6 Å². The van der Waals surface area contributed by atoms with Crippen LogP contribution in [0.5, 0.6) is 0 Å². The molecular weight excluding hydrogens is 344 g/mol. The van der Waals surface area contributed by atoms with Gasteiger partial charge in [0.05, 0.1) is 29.5 Å². The number of pyridine rings is 3. The molecule has 27 heavy (non-hydrogen) atoms. The maximum atomic E-state index is 5.80. The number of hydrogen-bond donors (Lipinski definition) is 3. The van der Waals surface area contributed by atoms with Gasteiger partial charge in [-0.15, -0.1) is 20.4 Å². The molecule has 4 aromatic heterocycles. The summed E-state index contributed by atoms with van der Waals surface area (Å²) >= 11 is 0. The molecule has 10 heteroatoms. The number of nitrogen functional groups attached to an aromatic ring is 3. The molecule has 4 heterocycles. The molecule has 4 rings (SSSR count). The van der Waals surface area contributed by atoms with Crippen LogP contribution in [0.2, 0.25) is 0 Å². The number of nitrogens with zero attached hydrogens (tertiary/aromatic N) is 7. The SMILES string of the molecule is Nc1cccnc1.Nc1cnccc1-c1nnc(-c2ccncc2N)nn1. The van der Waals surface area contributed by atoms with Crippen molar-refractivity contribution in [1.29, 1.82) is 0 Å². The highest BCUT2D eigenvalue weighted by Crippen LogP contribution is 2.22. The van der Waals surface area contributed by atoms with Gasteiger partial charge in [-0.3, -0.25) is 15.0 Å². The summed E-state index contributed by atoms with van der Waals surface area (Å²) < 4.78 is 0. The first-order valence-corrected chi connectivity index (χ1v) is 7.78. The van der Waals surface area contributed by atoms with E-state index in [9.17, 15) is 0 Å². The Morgan fingerprint density at radius 3 is 1.37 bits per heavy atom. The smallest absolute Gasteiger partial charge is 0.205 e. The number of anilines is 3. The lowest BCUT2D eigenvalue weighted by Gasteiger charge is -2.04. The lowest BCUT2D eigenvalue weighted by molar-refractivity contribution is 0.876. The zero-order chi connectivity index (χ0) is 19.1. The van der Waals surface area contributed by atoms with Gasteiger partial charge in [-0.1, -0.05) is 0 Å². The van der Waals surface area contributed by atoms with Crippen LogP contribution in [0.4, 0.5) is 17.1 Å². The Bertz CT molecular complexity index is 941. The van der Waals surface area contributed by atoms with Crippen molar-refractivity contribution in [1.82, 2.24) is 35.3 Å². The largest absolute Gasteiger partial charge is 0.397 e. The second-order valence-electron chi connectivity index (χ2n) is 5.26. The van der Waals surface area contributed by atoms with E-state index in [2.05, 4.69) is 35.3 Å². The fourth-order valence-electron chi connectivity index (χ4n) is 2.04. The van der Waals surface area contributed by atoms with E-state index in [4.69, 9.17) is 17.2 Å². The number of aromatic nitrogens is 7. The second-order valence-corrected chi connectivity index (χ2v) is 5.26. The monoisotopic (exact) mass is 360 g/mol. The van der Waals surface area contributed by atoms with Crippen LogP contribution < -0.4 is 17.2 Å². The van der Waals surface area contributed by atoms with Crippen molar-refractivity contribution in [3.63, 3.8) is 0 Å². The van der Waals surface area contributed by atoms with Crippen molar-refractivity contribution in [3.05, 3.63) is 61.4 Å². The van der Waals surface area contributed by atoms with E-state index in [1.807, 2.05) is 0 Å². The molecule has 0 aliphatic rings. The minimum atomic E-state index is 0.335. The predicted molar refractivity (Wildman–Crippen MR) is 102 cm³/mol. The van der Waals surface area contributed by atoms with E-state index in [0.717, 1.165) is 0 Å². The average Bonchev–Trinajstić information content (AvgIpc) is 2.70. The first-order valence-electron chi connectivity index (χ1n) is 7.78. The molecule has 0 aliphatic carbocycles. The van der Waals surface area contributed by atoms with Crippen molar-refractivity contribution in [3.8, 4) is 22.8 Å². The fourth-order valence-corrected chi connectivity index (χ4v) is 2.04. The molecule has 0 amide bonds. The lowest BCUT2D eigenvalue weighted by atomic mass is 10.2. The molecule has 0 saturated heterocycles. The topological polar surface area (TPSA) is 168 Å². The Kier molecular flexibility index (Phi) is 5.38. The molecule has 0 spiro atoms. The van der Waals surface area contributed by atoms with Crippen LogP contribution in [0.1, 0.15) is 0 Å². The number of rotatable bonds is 2. The van der Waals surface area contributed by atoms with Crippen LogP contribution in [-0.4, -0.2) is 35.3 Å². The summed E-state index contributed by atoms with van der Waals surface area (Å²) in [7, 11) is 0. The van der Waals surface area contributed by atoms with Gasteiger partial charge in [0, 0.05) is 35.9 Å². The third-order valence-corrected chi connectivity index (χ3v) is 3.35. The van der Waals surface area contributed by atoms with Gasteiger partial charge in [-0.2, -0.15) is 0 Å². The Morgan fingerprint density at radius 2 is 1.04 bits per heavy atom. The van der Waals surface area contributed by atoms with Crippen molar-refractivity contribution in [2.24, 2.45) is 0 Å². The van der Waals surface area contributed by atoms with Gasteiger partial charge in [0.1, 0.15) is 0 Å². The maximum absolute atomic E-state index is 5.80. The highest BCUT2D eigenvalue weighted by molar-refractivity contribution is 5.71. The van der Waals surface area contributed by atoms with Gasteiger partial charge < -0.3 is 17.2 Å². The average molecular weight is 360 g/mol. The fraction of sp³-hybridized carbons (Fsp3) is 0. The van der Waals surface area contributed by atoms with Gasteiger partial charge in [0.15, 0.2) is 0 Å². The van der Waals surface area contributed by atoms with Crippen molar-refractivity contribution < 1.29 is 0 Å². The van der Waals surface area contributed by atoms with E-state index in [-0.39, 0.29) is 0 Å². The Labute approximate surface area is 154 Å². The molecule has 0 aliphatic heterocycles. The number of nitrogens with two attached hydrogens (primary N) is 3. The van der Waals surface area contributed by atoms with Crippen molar-refractivity contribution in [2.75, 3.05) is 17.2 Å². The summed E-state index contributed by atoms with van der Waals surface area (Å²) in [5, 5.41) is 16.1. The first kappa shape index (κ1) is 17.6. The standard InChI is InChI=1S/C12H10N8.C5H6N2/c13-9-5-15-3-1-7(9)11-17-19-12(20-18-11)8-2-4-16-6-10(8)14;6-5-2-1-3-7-4-5/h1-6H,13-14H2;1-4H,6H2. The summed E-state index contributed by atoms with van der Waals surface area (Å²) in [5.74, 6) is 0.669. The van der Waals surface area contributed by atoms with Gasteiger partial charge in [0.25, 0.3) is 0 Å². The summed E-state index contributed by atoms with van der Waals surface area (Å²) in [6.45, 7) is 0. The van der Waals surface area contributed by atoms with Crippen LogP contribution in [0, 0.1) is 0 Å². The molecule has 0 bridgehead atoms. The Hall–Kier alpha value is -4.21. The summed E-state index contributed by atoms with van der Waals surface area (Å²) in [6.07, 6.45) is 9.55. The Morgan fingerprint density at radius 1 is 0.556 bits per heavy atom. The van der Waals surface area contributed by atoms with Gasteiger partial charge in [-0.25, -0.2) is 0 Å². The van der Waals surface area contributed by atoms with Crippen LogP contribution >= 0.6 is 0 Å². The van der Waals surface area contributed by atoms with Crippen LogP contribution in [-0.2, 0) is 0 Å². The zero-order valence-corrected chi connectivity index (χ0v) is 14.1. The van der Waals surface area contributed by atoms with E-state index in [1.165, 1.54) is 12.4 Å². The minimum absolute atomic E-state index is 0.335. The molecule has 0 radical (unpaired) electrons.